The van der Waals surface area contributed by atoms with Gasteiger partial charge in [-0.05, 0) is 64.8 Å². The summed E-state index contributed by atoms with van der Waals surface area (Å²) in [6.45, 7) is 8.17. The van der Waals surface area contributed by atoms with Gasteiger partial charge in [-0.25, -0.2) is 14.4 Å². The molecule has 0 aliphatic carbocycles. The van der Waals surface area contributed by atoms with E-state index in [9.17, 15) is 33.9 Å². The van der Waals surface area contributed by atoms with Crippen LogP contribution in [0.4, 0.5) is 17.8 Å². The lowest BCUT2D eigenvalue weighted by atomic mass is 10.0. The Morgan fingerprint density at radius 3 is 1.04 bits per heavy atom. The molecule has 0 bridgehead atoms. The van der Waals surface area contributed by atoms with Gasteiger partial charge in [-0.15, -0.1) is 0 Å². The largest absolute Gasteiger partial charge is 0.508 e. The Hall–Kier alpha value is -11.4. The molecule has 4 N–H and O–H groups in total. The molecule has 3 aliphatic heterocycles. The van der Waals surface area contributed by atoms with Gasteiger partial charge in [-0.1, -0.05) is 158 Å². The van der Waals surface area contributed by atoms with Crippen LogP contribution in [0, 0.1) is 0 Å². The van der Waals surface area contributed by atoms with Gasteiger partial charge < -0.3 is 40.5 Å². The molecule has 6 aromatic heterocycles. The molecule has 3 atom stereocenters. The van der Waals surface area contributed by atoms with Crippen LogP contribution in [0.1, 0.15) is 33.4 Å². The zero-order valence-corrected chi connectivity index (χ0v) is 58.5. The second-order valence-electron chi connectivity index (χ2n) is 26.4. The molecule has 3 aliphatic rings. The van der Waals surface area contributed by atoms with E-state index in [0.717, 1.165) is 105 Å². The SMILES string of the molecule is COc1ccccc1CC1CN(c2nc3c(c(=O)n(C)c(=O)n3C)n2Cc2ccccc2)CCN1.Cn1c(=O)c2c(nc(N3CCNC(Cc4ccccc4)C3)n2Cc2ccccc2)n(C)c1=O.Cn1c(=O)c2c(nc(N3CCNC(Cc4ccccc4O)C3)n2Cc2ccccc2)n(C)c1=O. The van der Waals surface area contributed by atoms with Crippen LogP contribution in [0.2, 0.25) is 0 Å². The molecule has 3 fully saturated rings. The lowest BCUT2D eigenvalue weighted by molar-refractivity contribution is 0.399. The molecular formula is C76H86N18O8. The van der Waals surface area contributed by atoms with Crippen LogP contribution < -0.4 is 69.1 Å². The summed E-state index contributed by atoms with van der Waals surface area (Å²) in [6, 6.07) is 56.4. The fourth-order valence-corrected chi connectivity index (χ4v) is 14.2. The van der Waals surface area contributed by atoms with E-state index in [0.29, 0.717) is 91.1 Å². The first kappa shape index (κ1) is 69.1. The van der Waals surface area contributed by atoms with Crippen molar-refractivity contribution in [2.75, 3.05) is 80.7 Å². The summed E-state index contributed by atoms with van der Waals surface area (Å²) < 4.78 is 19.2. The second kappa shape index (κ2) is 30.2. The number of anilines is 3. The van der Waals surface area contributed by atoms with Gasteiger partial charge in [0.1, 0.15) is 11.5 Å². The van der Waals surface area contributed by atoms with Crippen molar-refractivity contribution in [3.05, 3.63) is 266 Å². The minimum absolute atomic E-state index is 0.0960. The molecule has 12 aromatic rings. The number of benzene rings is 6. The highest BCUT2D eigenvalue weighted by molar-refractivity contribution is 5.77. The highest BCUT2D eigenvalue weighted by Crippen LogP contribution is 2.29. The maximum Gasteiger partial charge on any atom is 0.332 e. The molecule has 0 radical (unpaired) electrons. The Morgan fingerprint density at radius 2 is 0.686 bits per heavy atom. The van der Waals surface area contributed by atoms with Crippen LogP contribution >= 0.6 is 0 Å². The highest BCUT2D eigenvalue weighted by atomic mass is 16.5. The number of nitrogens with one attached hydrogen (secondary N) is 3. The van der Waals surface area contributed by atoms with Crippen molar-refractivity contribution in [1.82, 2.24) is 72.0 Å². The average molecular weight is 1380 g/mol. The van der Waals surface area contributed by atoms with Crippen LogP contribution in [0.25, 0.3) is 33.5 Å². The predicted molar refractivity (Wildman–Crippen MR) is 398 cm³/mol. The quantitative estimate of drug-likeness (QED) is 0.106. The van der Waals surface area contributed by atoms with E-state index < -0.39 is 5.69 Å². The van der Waals surface area contributed by atoms with E-state index in [1.165, 1.54) is 40.4 Å². The number of phenols is 1. The van der Waals surface area contributed by atoms with Crippen molar-refractivity contribution in [3.8, 4) is 11.5 Å². The first-order valence-corrected chi connectivity index (χ1v) is 34.4. The summed E-state index contributed by atoms with van der Waals surface area (Å²) in [5.41, 5.74) is 6.85. The molecule has 15 rings (SSSR count). The van der Waals surface area contributed by atoms with Gasteiger partial charge in [0.25, 0.3) is 16.7 Å². The third-order valence-corrected chi connectivity index (χ3v) is 19.6. The second-order valence-corrected chi connectivity index (χ2v) is 26.4. The fraction of sp³-hybridized carbons (Fsp3) is 0.329. The number of piperazine rings is 3. The number of imidazole rings is 3. The van der Waals surface area contributed by atoms with E-state index in [4.69, 9.17) is 19.7 Å². The van der Waals surface area contributed by atoms with E-state index in [-0.39, 0.29) is 51.9 Å². The number of ether oxygens (including phenoxy) is 1. The minimum Gasteiger partial charge on any atom is -0.508 e. The molecule has 0 saturated carbocycles. The maximum absolute atomic E-state index is 13.2. The summed E-state index contributed by atoms with van der Waals surface area (Å²) in [4.78, 5) is 98.5. The van der Waals surface area contributed by atoms with Gasteiger partial charge in [0.2, 0.25) is 17.8 Å². The fourth-order valence-electron chi connectivity index (χ4n) is 14.2. The van der Waals surface area contributed by atoms with E-state index in [1.807, 2.05) is 147 Å². The number of aromatic nitrogens is 12. The molecule has 102 heavy (non-hydrogen) atoms. The molecule has 0 spiro atoms. The third-order valence-electron chi connectivity index (χ3n) is 19.6. The molecule has 528 valence electrons. The van der Waals surface area contributed by atoms with Crippen LogP contribution in [-0.2, 0) is 81.2 Å². The van der Waals surface area contributed by atoms with Crippen LogP contribution in [0.3, 0.4) is 0 Å². The van der Waals surface area contributed by atoms with Crippen LogP contribution in [-0.4, -0.2) is 145 Å². The molecule has 3 unspecified atom stereocenters. The Balaban J connectivity index is 0.000000137. The van der Waals surface area contributed by atoms with Gasteiger partial charge in [0, 0.05) is 119 Å². The zero-order chi connectivity index (χ0) is 71.3. The topological polar surface area (TPSA) is 261 Å². The summed E-state index contributed by atoms with van der Waals surface area (Å²) in [5.74, 6) is 3.26. The van der Waals surface area contributed by atoms with Crippen LogP contribution in [0.15, 0.2) is 199 Å². The normalized spacial score (nSPS) is 16.3. The summed E-state index contributed by atoms with van der Waals surface area (Å²) in [5, 5.41) is 21.0. The van der Waals surface area contributed by atoms with Crippen molar-refractivity contribution in [2.45, 2.75) is 57.0 Å². The van der Waals surface area contributed by atoms with E-state index >= 15 is 0 Å². The zero-order valence-electron chi connectivity index (χ0n) is 58.5. The first-order valence-electron chi connectivity index (χ1n) is 34.4. The number of aromatic hydroxyl groups is 1. The van der Waals surface area contributed by atoms with Gasteiger partial charge in [-0.2, -0.15) is 15.0 Å². The molecule has 3 saturated heterocycles. The Kier molecular flexibility index (Phi) is 20.5. The number of para-hydroxylation sites is 2. The van der Waals surface area contributed by atoms with Gasteiger partial charge in [-0.3, -0.25) is 55.5 Å². The Morgan fingerprint density at radius 1 is 0.382 bits per heavy atom. The molecule has 26 nitrogen and oxygen atoms in total. The predicted octanol–water partition coefficient (Wildman–Crippen LogP) is 4.22. The molecule has 9 heterocycles. The number of rotatable bonds is 16. The lowest BCUT2D eigenvalue weighted by Gasteiger charge is -2.35. The van der Waals surface area contributed by atoms with Gasteiger partial charge in [0.05, 0.1) is 26.7 Å². The number of phenolic OH excluding ortho intramolecular Hbond substituents is 1. The standard InChI is InChI=1S/C26H30N6O3.C25H28N6O3.C25H28N6O2/c1-29-23-22(24(33)30(2)26(29)34)32(16-18-9-5-4-6-10-18)25(28-23)31-14-13-27-20(17-31)15-19-11-7-8-12-21(19)35-3;1-28-22-21(23(33)29(2)25(28)34)31(15-17-8-4-3-5-9-17)24(27-22)30-13-12-26-19(16-30)14-18-10-6-7-11-20(18)32;1-28-22-21(23(32)29(2)25(28)33)31(16-19-11-7-4-8-12-19)24(27-22)30-14-13-26-20(17-30)15-18-9-5-3-6-10-18/h4-12,20,27H,13-17H2,1-3H3;3-11,19,26,32H,12-16H2,1-2H3;3-12,20,26H,13-17H2,1-2H3. The van der Waals surface area contributed by atoms with Crippen molar-refractivity contribution in [3.63, 3.8) is 0 Å². The number of aryl methyl sites for hydroxylation is 3. The van der Waals surface area contributed by atoms with E-state index in [2.05, 4.69) is 61.0 Å². The number of hydrogen-bond acceptors (Lipinski definition) is 17. The molecule has 6 aromatic carbocycles. The van der Waals surface area contributed by atoms with E-state index in [1.54, 1.807) is 34.3 Å². The number of methoxy groups -OCH3 is 1. The van der Waals surface area contributed by atoms with Crippen LogP contribution in [0.5, 0.6) is 11.5 Å². The molecule has 26 heteroatoms. The smallest absolute Gasteiger partial charge is 0.332 e. The Bertz CT molecular complexity index is 5370. The first-order chi connectivity index (χ1) is 49.4. The minimum atomic E-state index is -0.397. The van der Waals surface area contributed by atoms with Crippen molar-refractivity contribution in [2.24, 2.45) is 42.3 Å². The van der Waals surface area contributed by atoms with Crippen molar-refractivity contribution >= 4 is 51.3 Å². The van der Waals surface area contributed by atoms with Gasteiger partial charge >= 0.3 is 17.1 Å². The maximum atomic E-state index is 13.2. The summed E-state index contributed by atoms with van der Waals surface area (Å²) in [6.07, 6.45) is 2.39. The lowest BCUT2D eigenvalue weighted by Crippen LogP contribution is -2.52. The monoisotopic (exact) mass is 1380 g/mol. The van der Waals surface area contributed by atoms with Crippen molar-refractivity contribution < 1.29 is 9.84 Å². The summed E-state index contributed by atoms with van der Waals surface area (Å²) in [7, 11) is 11.2. The number of nitrogens with zero attached hydrogens (tertiary/aromatic N) is 15. The van der Waals surface area contributed by atoms with Crippen molar-refractivity contribution in [1.29, 1.82) is 0 Å². The van der Waals surface area contributed by atoms with Gasteiger partial charge in [0.15, 0.2) is 33.5 Å². The third kappa shape index (κ3) is 14.2. The number of fused-ring (bicyclic) bond motifs is 3. The average Bonchev–Trinajstić information content (AvgIpc) is 1.60. The number of hydrogen-bond donors (Lipinski definition) is 4. The Labute approximate surface area is 587 Å². The molecular weight excluding hydrogens is 1290 g/mol. The molecule has 0 amide bonds. The highest BCUT2D eigenvalue weighted by Gasteiger charge is 2.32. The summed E-state index contributed by atoms with van der Waals surface area (Å²) >= 11 is 0.